The molecule has 1 heterocycles. The summed E-state index contributed by atoms with van der Waals surface area (Å²) < 4.78 is 0. The highest BCUT2D eigenvalue weighted by Crippen LogP contribution is 2.30. The van der Waals surface area contributed by atoms with E-state index in [-0.39, 0.29) is 0 Å². The lowest BCUT2D eigenvalue weighted by Gasteiger charge is -2.00. The topological polar surface area (TPSA) is 17.1 Å². The smallest absolute Gasteiger partial charge is 0.172 e. The fourth-order valence-corrected chi connectivity index (χ4v) is 4.39. The number of rotatable bonds is 9. The van der Waals surface area contributed by atoms with Crippen molar-refractivity contribution in [1.29, 1.82) is 0 Å². The number of hydrogen-bond acceptors (Lipinski definition) is 2. The lowest BCUT2D eigenvalue weighted by Crippen LogP contribution is -1.96. The van der Waals surface area contributed by atoms with Crippen LogP contribution in [-0.2, 0) is 12.8 Å². The molecule has 0 saturated heterocycles. The Kier molecular flexibility index (Phi) is 7.49. The number of thiophene rings is 1. The summed E-state index contributed by atoms with van der Waals surface area (Å²) >= 11 is 1.78. The van der Waals surface area contributed by atoms with Crippen LogP contribution in [0.5, 0.6) is 0 Å². The Morgan fingerprint density at radius 2 is 1.71 bits per heavy atom. The lowest BCUT2D eigenvalue weighted by atomic mass is 10.1. The van der Waals surface area contributed by atoms with Gasteiger partial charge in [0.05, 0.1) is 4.88 Å². The third-order valence-corrected chi connectivity index (χ3v) is 5.81. The summed E-state index contributed by atoms with van der Waals surface area (Å²) in [6.45, 7) is 2.25. The first-order valence-corrected chi connectivity index (χ1v) is 9.77. The molecule has 0 fully saturated rings. The Labute approximate surface area is 134 Å². The van der Waals surface area contributed by atoms with Gasteiger partial charge in [0.25, 0.3) is 0 Å². The van der Waals surface area contributed by atoms with Gasteiger partial charge in [0.15, 0.2) is 5.78 Å². The molecule has 0 N–H and O–H groups in total. The Balaban J connectivity index is 1.69. The number of fused-ring (bicyclic) bond motifs is 1. The van der Waals surface area contributed by atoms with Crippen molar-refractivity contribution >= 4 is 17.1 Å². The zero-order valence-corrected chi connectivity index (χ0v) is 14.4. The van der Waals surface area contributed by atoms with Gasteiger partial charge in [0.1, 0.15) is 0 Å². The van der Waals surface area contributed by atoms with E-state index in [0.29, 0.717) is 5.78 Å². The van der Waals surface area contributed by atoms with E-state index in [1.165, 1.54) is 81.1 Å². The van der Waals surface area contributed by atoms with E-state index < -0.39 is 0 Å². The molecule has 0 unspecified atom stereocenters. The molecule has 0 aliphatic heterocycles. The quantitative estimate of drug-likeness (QED) is 0.295. The van der Waals surface area contributed by atoms with Gasteiger partial charge in [0, 0.05) is 11.3 Å². The van der Waals surface area contributed by atoms with Crippen LogP contribution in [0.4, 0.5) is 0 Å². The summed E-state index contributed by atoms with van der Waals surface area (Å²) in [7, 11) is 0. The summed E-state index contributed by atoms with van der Waals surface area (Å²) in [6, 6.07) is 2.20. The Morgan fingerprint density at radius 3 is 2.52 bits per heavy atom. The number of hydrogen-bond donors (Lipinski definition) is 0. The monoisotopic (exact) mass is 306 g/mol. The maximum atomic E-state index is 12.3. The van der Waals surface area contributed by atoms with Crippen molar-refractivity contribution in [3.05, 3.63) is 21.4 Å². The van der Waals surface area contributed by atoms with E-state index in [1.807, 2.05) is 0 Å². The van der Waals surface area contributed by atoms with Gasteiger partial charge in [-0.2, -0.15) is 0 Å². The van der Waals surface area contributed by atoms with E-state index in [9.17, 15) is 4.79 Å². The molecule has 21 heavy (non-hydrogen) atoms. The number of Topliss-reactive ketones (excluding diaryl/α,β-unsaturated/α-hetero) is 1. The lowest BCUT2D eigenvalue weighted by molar-refractivity contribution is 0.0983. The van der Waals surface area contributed by atoms with Crippen LogP contribution in [0.2, 0.25) is 0 Å². The van der Waals surface area contributed by atoms with E-state index >= 15 is 0 Å². The van der Waals surface area contributed by atoms with Crippen molar-refractivity contribution in [2.75, 3.05) is 0 Å². The van der Waals surface area contributed by atoms with Gasteiger partial charge in [-0.05, 0) is 43.7 Å². The predicted octanol–water partition coefficient (Wildman–Crippen LogP) is 6.34. The van der Waals surface area contributed by atoms with E-state index in [4.69, 9.17) is 0 Å². The predicted molar refractivity (Wildman–Crippen MR) is 92.5 cm³/mol. The largest absolute Gasteiger partial charge is 0.293 e. The minimum atomic E-state index is 0.390. The van der Waals surface area contributed by atoms with E-state index in [1.54, 1.807) is 11.3 Å². The minimum Gasteiger partial charge on any atom is -0.293 e. The molecule has 2 rings (SSSR count). The summed E-state index contributed by atoms with van der Waals surface area (Å²) in [6.07, 6.45) is 16.1. The second-order valence-electron chi connectivity index (χ2n) is 6.41. The van der Waals surface area contributed by atoms with Crippen LogP contribution in [0.25, 0.3) is 0 Å². The first-order chi connectivity index (χ1) is 10.3. The molecule has 1 aliphatic carbocycles. The van der Waals surface area contributed by atoms with Gasteiger partial charge in [-0.1, -0.05) is 51.9 Å². The average Bonchev–Trinajstić information content (AvgIpc) is 2.77. The van der Waals surface area contributed by atoms with Gasteiger partial charge >= 0.3 is 0 Å². The second-order valence-corrected chi connectivity index (χ2v) is 7.55. The highest BCUT2D eigenvalue weighted by atomic mass is 32.1. The molecule has 0 amide bonds. The van der Waals surface area contributed by atoms with Gasteiger partial charge in [0.2, 0.25) is 0 Å². The molecule has 0 atom stereocenters. The number of carbonyl (C=O) groups is 1. The molecule has 0 aromatic carbocycles. The second kappa shape index (κ2) is 9.40. The molecule has 118 valence electrons. The third-order valence-electron chi connectivity index (χ3n) is 4.53. The van der Waals surface area contributed by atoms with Crippen molar-refractivity contribution in [2.24, 2.45) is 0 Å². The Bertz CT molecular complexity index is 409. The van der Waals surface area contributed by atoms with Crippen molar-refractivity contribution < 1.29 is 4.79 Å². The van der Waals surface area contributed by atoms with Gasteiger partial charge in [-0.15, -0.1) is 11.3 Å². The number of carbonyl (C=O) groups excluding carboxylic acids is 1. The maximum absolute atomic E-state index is 12.3. The molecule has 1 nitrogen and oxygen atoms in total. The summed E-state index contributed by atoms with van der Waals surface area (Å²) in [5.74, 6) is 0.390. The van der Waals surface area contributed by atoms with Crippen molar-refractivity contribution in [3.8, 4) is 0 Å². The fourth-order valence-electron chi connectivity index (χ4n) is 3.17. The van der Waals surface area contributed by atoms with Crippen LogP contribution in [-0.4, -0.2) is 5.78 Å². The Hall–Kier alpha value is -0.630. The van der Waals surface area contributed by atoms with Crippen LogP contribution < -0.4 is 0 Å². The van der Waals surface area contributed by atoms with Crippen LogP contribution >= 0.6 is 11.3 Å². The highest BCUT2D eigenvalue weighted by molar-refractivity contribution is 7.14. The Morgan fingerprint density at radius 1 is 1.00 bits per heavy atom. The molecule has 2 heteroatoms. The molecule has 1 aliphatic rings. The zero-order chi connectivity index (χ0) is 14.9. The first-order valence-electron chi connectivity index (χ1n) is 8.96. The molecule has 0 bridgehead atoms. The standard InChI is InChI=1S/C19H30OS/c1-2-3-4-5-6-7-10-13-17(20)19-15-16-12-9-8-11-14-18(16)21-19/h15H,2-14H2,1H3. The molecule has 0 saturated carbocycles. The molecular formula is C19H30OS. The van der Waals surface area contributed by atoms with Gasteiger partial charge in [-0.25, -0.2) is 0 Å². The molecule has 0 radical (unpaired) electrons. The van der Waals surface area contributed by atoms with Crippen molar-refractivity contribution in [1.82, 2.24) is 0 Å². The van der Waals surface area contributed by atoms with Crippen molar-refractivity contribution in [3.63, 3.8) is 0 Å². The fraction of sp³-hybridized carbons (Fsp3) is 0.737. The molecule has 0 spiro atoms. The van der Waals surface area contributed by atoms with E-state index in [2.05, 4.69) is 13.0 Å². The van der Waals surface area contributed by atoms with Crippen LogP contribution in [0, 0.1) is 0 Å². The normalized spacial score (nSPS) is 14.7. The first kappa shape index (κ1) is 16.7. The van der Waals surface area contributed by atoms with E-state index in [0.717, 1.165) is 17.7 Å². The summed E-state index contributed by atoms with van der Waals surface area (Å²) in [5.41, 5.74) is 1.47. The van der Waals surface area contributed by atoms with Gasteiger partial charge < -0.3 is 0 Å². The van der Waals surface area contributed by atoms with Crippen LogP contribution in [0.1, 0.15) is 97.7 Å². The number of unbranched alkanes of at least 4 members (excludes halogenated alkanes) is 6. The van der Waals surface area contributed by atoms with Gasteiger partial charge in [-0.3, -0.25) is 4.79 Å². The average molecular weight is 307 g/mol. The highest BCUT2D eigenvalue weighted by Gasteiger charge is 2.16. The summed E-state index contributed by atoms with van der Waals surface area (Å²) in [5, 5.41) is 0. The molecule has 1 aromatic heterocycles. The van der Waals surface area contributed by atoms with Crippen LogP contribution in [0.3, 0.4) is 0 Å². The van der Waals surface area contributed by atoms with Crippen LogP contribution in [0.15, 0.2) is 6.07 Å². The minimum absolute atomic E-state index is 0.390. The number of aryl methyl sites for hydroxylation is 2. The third kappa shape index (κ3) is 5.58. The van der Waals surface area contributed by atoms with Crippen molar-refractivity contribution in [2.45, 2.75) is 90.4 Å². The molecular weight excluding hydrogens is 276 g/mol. The SMILES string of the molecule is CCCCCCCCCC(=O)c1cc2c(s1)CCCCC2. The molecule has 1 aromatic rings. The summed E-state index contributed by atoms with van der Waals surface area (Å²) in [4.78, 5) is 14.8. The zero-order valence-electron chi connectivity index (χ0n) is 13.6. The maximum Gasteiger partial charge on any atom is 0.172 e. The number of ketones is 1.